The van der Waals surface area contributed by atoms with Crippen LogP contribution in [0.1, 0.15) is 71.1 Å². The van der Waals surface area contributed by atoms with Crippen LogP contribution in [0.25, 0.3) is 0 Å². The normalized spacial score (nSPS) is 12.8. The van der Waals surface area contributed by atoms with Crippen LogP contribution in [0.3, 0.4) is 0 Å². The summed E-state index contributed by atoms with van der Waals surface area (Å²) in [5.74, 6) is 0. The molecule has 0 aromatic heterocycles. The van der Waals surface area contributed by atoms with Gasteiger partial charge in [0.25, 0.3) is 0 Å². The van der Waals surface area contributed by atoms with E-state index in [1.807, 2.05) is 24.3 Å². The van der Waals surface area contributed by atoms with Crippen LogP contribution in [0.4, 0.5) is 0 Å². The van der Waals surface area contributed by atoms with Gasteiger partial charge in [-0.25, -0.2) is 0 Å². The summed E-state index contributed by atoms with van der Waals surface area (Å²) in [5.41, 5.74) is 0.388. The SMILES string of the molecule is CCCCC/C(=C/C/C=C/C/C=C/C/C=C(/CCC[C]=O)[N+](=O)[O-])[N+](=O)[O-]. The van der Waals surface area contributed by atoms with Crippen molar-refractivity contribution in [3.63, 3.8) is 0 Å². The van der Waals surface area contributed by atoms with Crippen LogP contribution in [-0.4, -0.2) is 16.1 Å². The number of hydrogen-bond donors (Lipinski definition) is 0. The second-order valence-electron chi connectivity index (χ2n) is 6.01. The Morgan fingerprint density at radius 3 is 1.74 bits per heavy atom. The number of carbonyl (C=O) groups excluding carboxylic acids is 1. The van der Waals surface area contributed by atoms with Crippen LogP contribution in [0.5, 0.6) is 0 Å². The summed E-state index contributed by atoms with van der Waals surface area (Å²) < 4.78 is 0. The Morgan fingerprint density at radius 2 is 1.30 bits per heavy atom. The second-order valence-corrected chi connectivity index (χ2v) is 6.01. The van der Waals surface area contributed by atoms with Gasteiger partial charge in [-0.15, -0.1) is 0 Å². The maximum Gasteiger partial charge on any atom is 0.242 e. The third kappa shape index (κ3) is 14.3. The van der Waals surface area contributed by atoms with E-state index in [2.05, 4.69) is 6.92 Å². The summed E-state index contributed by atoms with van der Waals surface area (Å²) >= 11 is 0. The fourth-order valence-corrected chi connectivity index (χ4v) is 2.31. The van der Waals surface area contributed by atoms with Gasteiger partial charge in [-0.3, -0.25) is 25.0 Å². The molecule has 0 saturated heterocycles. The molecular formula is C20H29N2O5. The molecule has 0 unspecified atom stereocenters. The quantitative estimate of drug-likeness (QED) is 0.154. The Labute approximate surface area is 160 Å². The Balaban J connectivity index is 4.23. The molecule has 0 bridgehead atoms. The molecule has 0 atom stereocenters. The standard InChI is InChI=1S/C20H29N2O5/c1-2-3-9-14-19(21(24)25)15-10-7-5-4-6-8-11-16-20(22(26)27)17-12-13-18-23/h5-8,15-16H,2-4,9-14,17H2,1H3/b7-5+,8-6+,19-15-,20-16-. The van der Waals surface area contributed by atoms with Crippen LogP contribution in [0.15, 0.2) is 47.9 Å². The molecule has 7 nitrogen and oxygen atoms in total. The minimum atomic E-state index is -0.418. The first-order valence-electron chi connectivity index (χ1n) is 9.34. The number of unbranched alkanes of at least 4 members (excludes halogenated alkanes) is 3. The topological polar surface area (TPSA) is 103 Å². The molecule has 1 radical (unpaired) electrons. The summed E-state index contributed by atoms with van der Waals surface area (Å²) in [4.78, 5) is 31.2. The molecule has 0 saturated carbocycles. The van der Waals surface area contributed by atoms with E-state index in [0.29, 0.717) is 32.1 Å². The second kappa shape index (κ2) is 16.9. The maximum absolute atomic E-state index is 10.9. The van der Waals surface area contributed by atoms with Crippen molar-refractivity contribution in [2.75, 3.05) is 0 Å². The molecule has 27 heavy (non-hydrogen) atoms. The number of hydrogen-bond acceptors (Lipinski definition) is 5. The zero-order chi connectivity index (χ0) is 20.3. The van der Waals surface area contributed by atoms with E-state index in [9.17, 15) is 25.0 Å². The minimum absolute atomic E-state index is 0.117. The molecule has 0 aliphatic carbocycles. The zero-order valence-electron chi connectivity index (χ0n) is 16.0. The first kappa shape index (κ1) is 24.4. The molecule has 0 fully saturated rings. The van der Waals surface area contributed by atoms with Crippen LogP contribution in [-0.2, 0) is 4.79 Å². The largest absolute Gasteiger partial charge is 0.291 e. The summed E-state index contributed by atoms with van der Waals surface area (Å²) in [5, 5.41) is 21.8. The van der Waals surface area contributed by atoms with Crippen molar-refractivity contribution in [3.05, 3.63) is 68.1 Å². The van der Waals surface area contributed by atoms with E-state index in [1.165, 1.54) is 0 Å². The van der Waals surface area contributed by atoms with Crippen LogP contribution < -0.4 is 0 Å². The first-order chi connectivity index (χ1) is 13.0. The molecule has 0 N–H and O–H groups in total. The van der Waals surface area contributed by atoms with Crippen LogP contribution >= 0.6 is 0 Å². The Bertz CT molecular complexity index is 577. The van der Waals surface area contributed by atoms with Gasteiger partial charge in [0.05, 0.1) is 9.85 Å². The lowest BCUT2D eigenvalue weighted by Gasteiger charge is -1.97. The molecule has 0 amide bonds. The summed E-state index contributed by atoms with van der Waals surface area (Å²) in [6.07, 6.45) is 18.4. The van der Waals surface area contributed by atoms with Crippen molar-refractivity contribution >= 4 is 6.29 Å². The average molecular weight is 377 g/mol. The van der Waals surface area contributed by atoms with Gasteiger partial charge >= 0.3 is 0 Å². The fraction of sp³-hybridized carbons (Fsp3) is 0.550. The lowest BCUT2D eigenvalue weighted by atomic mass is 10.1. The summed E-state index contributed by atoms with van der Waals surface area (Å²) in [7, 11) is 0. The van der Waals surface area contributed by atoms with Crippen molar-refractivity contribution in [1.82, 2.24) is 0 Å². The van der Waals surface area contributed by atoms with E-state index in [0.717, 1.165) is 19.3 Å². The predicted octanol–water partition coefficient (Wildman–Crippen LogP) is 5.45. The highest BCUT2D eigenvalue weighted by atomic mass is 16.6. The van der Waals surface area contributed by atoms with Crippen molar-refractivity contribution < 1.29 is 14.6 Å². The van der Waals surface area contributed by atoms with Crippen molar-refractivity contribution in [3.8, 4) is 0 Å². The number of allylic oxidation sites excluding steroid dienone is 8. The molecule has 0 rings (SSSR count). The highest BCUT2D eigenvalue weighted by Gasteiger charge is 2.09. The van der Waals surface area contributed by atoms with Gasteiger partial charge in [-0.2, -0.15) is 0 Å². The number of nitrogens with zero attached hydrogens (tertiary/aromatic N) is 2. The molecular weight excluding hydrogens is 348 g/mol. The van der Waals surface area contributed by atoms with Gasteiger partial charge in [0, 0.05) is 19.3 Å². The van der Waals surface area contributed by atoms with E-state index in [1.54, 1.807) is 18.4 Å². The van der Waals surface area contributed by atoms with Gasteiger partial charge < -0.3 is 0 Å². The van der Waals surface area contributed by atoms with Gasteiger partial charge in [-0.05, 0) is 44.3 Å². The zero-order valence-corrected chi connectivity index (χ0v) is 16.0. The summed E-state index contributed by atoms with van der Waals surface area (Å²) in [6.45, 7) is 2.06. The lowest BCUT2D eigenvalue weighted by molar-refractivity contribution is -0.428. The molecule has 7 heteroatoms. The lowest BCUT2D eigenvalue weighted by Crippen LogP contribution is -1.98. The molecule has 0 aromatic rings. The summed E-state index contributed by atoms with van der Waals surface area (Å²) in [6, 6.07) is 0. The highest BCUT2D eigenvalue weighted by molar-refractivity contribution is 5.50. The van der Waals surface area contributed by atoms with Gasteiger partial charge in [-0.1, -0.05) is 44.1 Å². The Hall–Kier alpha value is -2.57. The number of rotatable bonds is 16. The number of nitro groups is 2. The Kier molecular flexibility index (Phi) is 15.3. The van der Waals surface area contributed by atoms with E-state index < -0.39 is 4.92 Å². The van der Waals surface area contributed by atoms with E-state index in [-0.39, 0.29) is 29.2 Å². The fourth-order valence-electron chi connectivity index (χ4n) is 2.31. The van der Waals surface area contributed by atoms with E-state index in [4.69, 9.17) is 0 Å². The highest BCUT2D eigenvalue weighted by Crippen LogP contribution is 2.11. The molecule has 0 heterocycles. The minimum Gasteiger partial charge on any atom is -0.291 e. The maximum atomic E-state index is 10.9. The molecule has 0 spiro atoms. The molecule has 0 aliphatic rings. The molecule has 0 aliphatic heterocycles. The van der Waals surface area contributed by atoms with Gasteiger partial charge in [0.1, 0.15) is 0 Å². The van der Waals surface area contributed by atoms with Gasteiger partial charge in [0.2, 0.25) is 11.4 Å². The predicted molar refractivity (Wildman–Crippen MR) is 106 cm³/mol. The van der Waals surface area contributed by atoms with Crippen molar-refractivity contribution in [2.24, 2.45) is 0 Å². The van der Waals surface area contributed by atoms with Crippen LogP contribution in [0, 0.1) is 20.2 Å². The van der Waals surface area contributed by atoms with Gasteiger partial charge in [0.15, 0.2) is 6.29 Å². The van der Waals surface area contributed by atoms with Crippen molar-refractivity contribution in [1.29, 1.82) is 0 Å². The first-order valence-corrected chi connectivity index (χ1v) is 9.34. The van der Waals surface area contributed by atoms with Crippen molar-refractivity contribution in [2.45, 2.75) is 71.1 Å². The third-order valence-corrected chi connectivity index (χ3v) is 3.80. The Morgan fingerprint density at radius 1 is 0.815 bits per heavy atom. The molecule has 149 valence electrons. The van der Waals surface area contributed by atoms with Crippen LogP contribution in [0.2, 0.25) is 0 Å². The smallest absolute Gasteiger partial charge is 0.242 e. The third-order valence-electron chi connectivity index (χ3n) is 3.80. The molecule has 0 aromatic carbocycles. The average Bonchev–Trinajstić information content (AvgIpc) is 2.63. The monoisotopic (exact) mass is 377 g/mol. The van der Waals surface area contributed by atoms with E-state index >= 15 is 0 Å².